The van der Waals surface area contributed by atoms with Gasteiger partial charge in [0.15, 0.2) is 0 Å². The third-order valence-electron chi connectivity index (χ3n) is 10.4. The number of nitrogens with one attached hydrogen (secondary N) is 1. The molecule has 260 valence electrons. The van der Waals surface area contributed by atoms with E-state index >= 15 is 0 Å². The van der Waals surface area contributed by atoms with Crippen LogP contribution in [-0.4, -0.2) is 38.0 Å². The number of methoxy groups -OCH3 is 1. The van der Waals surface area contributed by atoms with Gasteiger partial charge in [-0.05, 0) is 77.9 Å². The molecule has 3 aliphatic heterocycles. The Balaban J connectivity index is 1.21. The van der Waals surface area contributed by atoms with E-state index < -0.39 is 17.8 Å². The molecule has 0 radical (unpaired) electrons. The van der Waals surface area contributed by atoms with E-state index in [4.69, 9.17) is 9.47 Å². The summed E-state index contributed by atoms with van der Waals surface area (Å²) in [5.41, 5.74) is 8.59. The van der Waals surface area contributed by atoms with Crippen molar-refractivity contribution in [2.45, 2.75) is 38.2 Å². The van der Waals surface area contributed by atoms with E-state index in [1.807, 2.05) is 79.7 Å². The summed E-state index contributed by atoms with van der Waals surface area (Å²) in [5, 5.41) is 2.44. The minimum Gasteiger partial charge on any atom is -0.497 e. The van der Waals surface area contributed by atoms with E-state index in [1.54, 1.807) is 25.3 Å². The van der Waals surface area contributed by atoms with Gasteiger partial charge in [0.05, 0.1) is 12.8 Å². The summed E-state index contributed by atoms with van der Waals surface area (Å²) >= 11 is 0. The van der Waals surface area contributed by atoms with Gasteiger partial charge in [-0.3, -0.25) is 14.9 Å². The fourth-order valence-electron chi connectivity index (χ4n) is 7.75. The van der Waals surface area contributed by atoms with Crippen LogP contribution in [-0.2, 0) is 16.2 Å². The molecule has 8 heteroatoms. The smallest absolute Gasteiger partial charge is 0.335 e. The molecular formula is C44H39N3O5. The first-order valence-electron chi connectivity index (χ1n) is 17.7. The highest BCUT2D eigenvalue weighted by atomic mass is 16.5. The van der Waals surface area contributed by atoms with Crippen molar-refractivity contribution >= 4 is 35.3 Å². The highest BCUT2D eigenvalue weighted by Crippen LogP contribution is 2.50. The second kappa shape index (κ2) is 13.9. The summed E-state index contributed by atoms with van der Waals surface area (Å²) in [5.74, 6) is -0.305. The average Bonchev–Trinajstić information content (AvgIpc) is 3.17. The van der Waals surface area contributed by atoms with Gasteiger partial charge in [-0.2, -0.15) is 0 Å². The van der Waals surface area contributed by atoms with Crippen LogP contribution in [0, 0.1) is 6.92 Å². The maximum atomic E-state index is 14.4. The topological polar surface area (TPSA) is 88.2 Å². The van der Waals surface area contributed by atoms with Crippen LogP contribution in [0.1, 0.15) is 63.6 Å². The number of barbiturate groups is 1. The molecule has 1 fully saturated rings. The Labute approximate surface area is 303 Å². The van der Waals surface area contributed by atoms with E-state index in [2.05, 4.69) is 34.5 Å². The molecule has 3 heterocycles. The van der Waals surface area contributed by atoms with Crippen LogP contribution in [0.25, 0.3) is 6.08 Å². The number of hydrogen-bond acceptors (Lipinski definition) is 6. The molecule has 8 rings (SSSR count). The SMILES string of the molecule is COc1ccc(/C=C2\C(=O)NC(=O)N(c3cc4c5c(c3)[C@@H](c3ccccc3)CCN5CC[C@@H]4c3ccccc3)C2=O)c(OCc2ccc(C)cc2)c1. The molecule has 1 N–H and O–H groups in total. The van der Waals surface area contributed by atoms with Gasteiger partial charge in [0.1, 0.15) is 23.7 Å². The van der Waals surface area contributed by atoms with Gasteiger partial charge < -0.3 is 14.4 Å². The maximum Gasteiger partial charge on any atom is 0.335 e. The highest BCUT2D eigenvalue weighted by molar-refractivity contribution is 6.39. The normalized spacial score (nSPS) is 19.0. The van der Waals surface area contributed by atoms with E-state index in [0.717, 1.165) is 53.1 Å². The number of anilines is 2. The quantitative estimate of drug-likeness (QED) is 0.131. The number of carbonyl (C=O) groups is 3. The fraction of sp³-hybridized carbons (Fsp3) is 0.205. The lowest BCUT2D eigenvalue weighted by molar-refractivity contribution is -0.122. The summed E-state index contributed by atoms with van der Waals surface area (Å²) in [6.07, 6.45) is 3.30. The van der Waals surface area contributed by atoms with E-state index in [1.165, 1.54) is 22.9 Å². The second-order valence-corrected chi connectivity index (χ2v) is 13.6. The number of urea groups is 1. The zero-order valence-corrected chi connectivity index (χ0v) is 29.2. The lowest BCUT2D eigenvalue weighted by Crippen LogP contribution is -2.54. The summed E-state index contributed by atoms with van der Waals surface area (Å²) in [7, 11) is 1.56. The van der Waals surface area contributed by atoms with E-state index in [-0.39, 0.29) is 24.0 Å². The molecule has 0 unspecified atom stereocenters. The standard InChI is InChI=1S/C44H39N3O5/c1-28-13-15-29(16-14-28)27-52-40-26-34(51-2)18-17-32(40)23-39-42(48)45-44(50)47(43(39)49)33-24-37-35(30-9-5-3-6-10-30)19-21-46-22-20-36(38(25-33)41(37)46)31-11-7-4-8-12-31/h3-18,23-26,35-36H,19-22,27H2,1-2H3,(H,45,48,50)/b39-23+/t35-,36-/m1/s1. The van der Waals surface area contributed by atoms with Gasteiger partial charge in [0, 0.05) is 42.2 Å². The Morgan fingerprint density at radius 1 is 0.769 bits per heavy atom. The number of aryl methyl sites for hydroxylation is 1. The van der Waals surface area contributed by atoms with Crippen molar-refractivity contribution in [1.82, 2.24) is 5.32 Å². The molecule has 0 bridgehead atoms. The summed E-state index contributed by atoms with van der Waals surface area (Å²) in [6.45, 7) is 4.13. The summed E-state index contributed by atoms with van der Waals surface area (Å²) in [6, 6.07) is 37.2. The first-order valence-corrected chi connectivity index (χ1v) is 17.7. The van der Waals surface area contributed by atoms with Gasteiger partial charge in [0.2, 0.25) is 0 Å². The van der Waals surface area contributed by atoms with Crippen molar-refractivity contribution in [1.29, 1.82) is 0 Å². The number of ether oxygens (including phenoxy) is 2. The molecule has 0 saturated carbocycles. The molecule has 1 saturated heterocycles. The van der Waals surface area contributed by atoms with Gasteiger partial charge in [0.25, 0.3) is 11.8 Å². The van der Waals surface area contributed by atoms with Gasteiger partial charge in [-0.15, -0.1) is 0 Å². The molecule has 5 aromatic carbocycles. The Morgan fingerprint density at radius 3 is 1.98 bits per heavy atom. The molecule has 2 atom stereocenters. The number of amides is 4. The van der Waals surface area contributed by atoms with Crippen LogP contribution in [0.2, 0.25) is 0 Å². The van der Waals surface area contributed by atoms with Crippen LogP contribution in [0.4, 0.5) is 16.2 Å². The Hall–Kier alpha value is -6.15. The molecule has 5 aromatic rings. The predicted molar refractivity (Wildman–Crippen MR) is 202 cm³/mol. The number of benzene rings is 5. The Morgan fingerprint density at radius 2 is 1.38 bits per heavy atom. The number of carbonyl (C=O) groups excluding carboxylic acids is 3. The first kappa shape index (κ1) is 33.0. The Bertz CT molecular complexity index is 2120. The van der Waals surface area contributed by atoms with Crippen LogP contribution in [0.15, 0.2) is 121 Å². The van der Waals surface area contributed by atoms with Crippen LogP contribution in [0.3, 0.4) is 0 Å². The molecule has 3 aliphatic rings. The van der Waals surface area contributed by atoms with E-state index in [9.17, 15) is 14.4 Å². The van der Waals surface area contributed by atoms with Crippen molar-refractivity contribution in [3.05, 3.63) is 160 Å². The number of rotatable bonds is 8. The fourth-order valence-corrected chi connectivity index (χ4v) is 7.75. The molecule has 8 nitrogen and oxygen atoms in total. The summed E-state index contributed by atoms with van der Waals surface area (Å²) in [4.78, 5) is 45.1. The van der Waals surface area contributed by atoms with Gasteiger partial charge in [-0.1, -0.05) is 90.5 Å². The molecule has 0 aromatic heterocycles. The minimum absolute atomic E-state index is 0.0767. The van der Waals surface area contributed by atoms with Gasteiger partial charge >= 0.3 is 6.03 Å². The zero-order valence-electron chi connectivity index (χ0n) is 29.2. The lowest BCUT2D eigenvalue weighted by atomic mass is 9.76. The van der Waals surface area contributed by atoms with Crippen molar-refractivity contribution in [2.24, 2.45) is 0 Å². The zero-order chi connectivity index (χ0) is 35.8. The monoisotopic (exact) mass is 689 g/mol. The van der Waals surface area contributed by atoms with Crippen LogP contribution >= 0.6 is 0 Å². The van der Waals surface area contributed by atoms with Crippen molar-refractivity contribution < 1.29 is 23.9 Å². The second-order valence-electron chi connectivity index (χ2n) is 13.6. The van der Waals surface area contributed by atoms with Crippen molar-refractivity contribution in [2.75, 3.05) is 30.0 Å². The summed E-state index contributed by atoms with van der Waals surface area (Å²) < 4.78 is 11.7. The van der Waals surface area contributed by atoms with Crippen molar-refractivity contribution in [3.8, 4) is 11.5 Å². The maximum absolute atomic E-state index is 14.4. The molecule has 4 amide bonds. The average molecular weight is 690 g/mol. The number of hydrogen-bond donors (Lipinski definition) is 1. The molecular weight excluding hydrogens is 651 g/mol. The molecule has 0 spiro atoms. The first-order chi connectivity index (χ1) is 25.4. The largest absolute Gasteiger partial charge is 0.497 e. The van der Waals surface area contributed by atoms with Crippen molar-refractivity contribution in [3.63, 3.8) is 0 Å². The third kappa shape index (κ3) is 6.21. The number of nitrogens with zero attached hydrogens (tertiary/aromatic N) is 2. The number of imide groups is 2. The van der Waals surface area contributed by atoms with Gasteiger partial charge in [-0.25, -0.2) is 9.69 Å². The molecule has 0 aliphatic carbocycles. The third-order valence-corrected chi connectivity index (χ3v) is 10.4. The Kier molecular flexibility index (Phi) is 8.81. The predicted octanol–water partition coefficient (Wildman–Crippen LogP) is 8.13. The van der Waals surface area contributed by atoms with Crippen LogP contribution in [0.5, 0.6) is 11.5 Å². The minimum atomic E-state index is -0.777. The van der Waals surface area contributed by atoms with Crippen LogP contribution < -0.4 is 24.6 Å². The lowest BCUT2D eigenvalue weighted by Gasteiger charge is -2.44. The highest BCUT2D eigenvalue weighted by Gasteiger charge is 2.40. The molecule has 52 heavy (non-hydrogen) atoms. The van der Waals surface area contributed by atoms with E-state index in [0.29, 0.717) is 22.7 Å².